The summed E-state index contributed by atoms with van der Waals surface area (Å²) >= 11 is 1.23. The Bertz CT molecular complexity index is 1010. The Kier molecular flexibility index (Phi) is 7.46. The van der Waals surface area contributed by atoms with Crippen molar-refractivity contribution in [1.82, 2.24) is 4.31 Å². The maximum atomic E-state index is 12.4. The summed E-state index contributed by atoms with van der Waals surface area (Å²) in [4.78, 5) is 12.2. The molecule has 1 aromatic heterocycles. The summed E-state index contributed by atoms with van der Waals surface area (Å²) in [5.41, 5.74) is 2.18. The second-order valence-electron chi connectivity index (χ2n) is 7.60. The van der Waals surface area contributed by atoms with Gasteiger partial charge in [0, 0.05) is 23.9 Å². The lowest BCUT2D eigenvalue weighted by atomic mass is 10.0. The Morgan fingerprint density at radius 1 is 1.33 bits per heavy atom. The quantitative estimate of drug-likeness (QED) is 0.573. The molecule has 2 N–H and O–H groups in total. The molecule has 3 rings (SSSR count). The summed E-state index contributed by atoms with van der Waals surface area (Å²) in [6.07, 6.45) is 5.08. The van der Waals surface area contributed by atoms with E-state index >= 15 is 0 Å². The number of hydrogen-bond donors (Lipinski definition) is 2. The topological polar surface area (TPSA) is 94.9 Å². The number of aliphatic hydroxyl groups excluding tert-OH is 1. The number of rotatable bonds is 9. The van der Waals surface area contributed by atoms with Crippen molar-refractivity contribution in [3.05, 3.63) is 69.4 Å². The highest BCUT2D eigenvalue weighted by molar-refractivity contribution is 7.89. The molecule has 2 atom stereocenters. The van der Waals surface area contributed by atoms with E-state index in [9.17, 15) is 18.3 Å². The molecule has 0 spiro atoms. The molecule has 0 saturated carbocycles. The number of hydrogen-bond acceptors (Lipinski definition) is 5. The van der Waals surface area contributed by atoms with Gasteiger partial charge in [0.1, 0.15) is 4.88 Å². The van der Waals surface area contributed by atoms with Gasteiger partial charge in [0.2, 0.25) is 10.0 Å². The highest BCUT2D eigenvalue weighted by atomic mass is 32.2. The summed E-state index contributed by atoms with van der Waals surface area (Å²) in [5, 5.41) is 19.3. The van der Waals surface area contributed by atoms with Gasteiger partial charge in [-0.15, -0.1) is 11.3 Å². The minimum atomic E-state index is -3.30. The predicted molar refractivity (Wildman–Crippen MR) is 119 cm³/mol. The summed E-state index contributed by atoms with van der Waals surface area (Å²) in [7, 11) is -3.30. The monoisotopic (exact) mass is 449 g/mol. The standard InChI is InChI=1S/C22H27NO5S2/c1-16-4-2-5-17(14-16)15-19(24)8-7-18-11-13-30(27,28)23(18)12-3-6-20-9-10-21(29-20)22(25)26/h2,4-5,7-10,14,18-19,24H,3,6,11-13,15H2,1H3,(H,25,26)/b8-7+/t18-,19?/m0/s1. The average molecular weight is 450 g/mol. The maximum absolute atomic E-state index is 12.4. The minimum Gasteiger partial charge on any atom is -0.477 e. The van der Waals surface area contributed by atoms with E-state index in [1.165, 1.54) is 15.6 Å². The second-order valence-corrected chi connectivity index (χ2v) is 10.8. The zero-order valence-corrected chi connectivity index (χ0v) is 18.5. The number of nitrogens with zero attached hydrogens (tertiary/aromatic N) is 1. The fourth-order valence-electron chi connectivity index (χ4n) is 3.68. The van der Waals surface area contributed by atoms with Gasteiger partial charge in [-0.3, -0.25) is 0 Å². The summed E-state index contributed by atoms with van der Waals surface area (Å²) in [5.74, 6) is -0.833. The first-order valence-corrected chi connectivity index (χ1v) is 12.4. The van der Waals surface area contributed by atoms with Gasteiger partial charge < -0.3 is 10.2 Å². The van der Waals surface area contributed by atoms with Crippen LogP contribution in [-0.4, -0.2) is 53.3 Å². The zero-order valence-electron chi connectivity index (χ0n) is 16.9. The Morgan fingerprint density at radius 2 is 2.13 bits per heavy atom. The molecule has 0 aliphatic carbocycles. The van der Waals surface area contributed by atoms with Crippen molar-refractivity contribution in [2.45, 2.75) is 44.8 Å². The smallest absolute Gasteiger partial charge is 0.345 e. The van der Waals surface area contributed by atoms with Crippen molar-refractivity contribution in [3.63, 3.8) is 0 Å². The molecule has 0 radical (unpaired) electrons. The van der Waals surface area contributed by atoms with E-state index in [-0.39, 0.29) is 11.8 Å². The minimum absolute atomic E-state index is 0.109. The van der Waals surface area contributed by atoms with Crippen LogP contribution < -0.4 is 0 Å². The number of benzene rings is 1. The average Bonchev–Trinajstić information content (AvgIpc) is 3.25. The predicted octanol–water partition coefficient (Wildman–Crippen LogP) is 3.25. The lowest BCUT2D eigenvalue weighted by molar-refractivity contribution is 0.0702. The lowest BCUT2D eigenvalue weighted by Gasteiger charge is -2.20. The van der Waals surface area contributed by atoms with E-state index in [4.69, 9.17) is 5.11 Å². The van der Waals surface area contributed by atoms with Crippen molar-refractivity contribution in [1.29, 1.82) is 0 Å². The molecule has 30 heavy (non-hydrogen) atoms. The van der Waals surface area contributed by atoms with Gasteiger partial charge in [-0.25, -0.2) is 13.2 Å². The first-order chi connectivity index (χ1) is 14.2. The molecule has 1 unspecified atom stereocenters. The van der Waals surface area contributed by atoms with Gasteiger partial charge >= 0.3 is 5.97 Å². The second kappa shape index (κ2) is 9.87. The van der Waals surface area contributed by atoms with E-state index in [0.717, 1.165) is 16.0 Å². The summed E-state index contributed by atoms with van der Waals surface area (Å²) < 4.78 is 26.4. The molecule has 1 fully saturated rings. The van der Waals surface area contributed by atoms with Crippen LogP contribution in [0.1, 0.15) is 38.5 Å². The number of aryl methyl sites for hydroxylation is 2. The summed E-state index contributed by atoms with van der Waals surface area (Å²) in [6.45, 7) is 2.39. The number of sulfonamides is 1. The van der Waals surface area contributed by atoms with Crippen LogP contribution in [0.5, 0.6) is 0 Å². The van der Waals surface area contributed by atoms with Crippen molar-refractivity contribution in [2.75, 3.05) is 12.3 Å². The van der Waals surface area contributed by atoms with Gasteiger partial charge in [0.15, 0.2) is 0 Å². The van der Waals surface area contributed by atoms with Crippen molar-refractivity contribution in [2.24, 2.45) is 0 Å². The number of carboxylic acid groups (broad SMARTS) is 1. The molecule has 162 valence electrons. The molecule has 8 heteroatoms. The maximum Gasteiger partial charge on any atom is 0.345 e. The van der Waals surface area contributed by atoms with E-state index in [1.807, 2.05) is 31.2 Å². The van der Waals surface area contributed by atoms with Gasteiger partial charge in [0.25, 0.3) is 0 Å². The number of thiophene rings is 1. The Balaban J connectivity index is 1.56. The highest BCUT2D eigenvalue weighted by Gasteiger charge is 2.35. The van der Waals surface area contributed by atoms with Crippen LogP contribution >= 0.6 is 11.3 Å². The summed E-state index contributed by atoms with van der Waals surface area (Å²) in [6, 6.07) is 11.1. The van der Waals surface area contributed by atoms with Crippen LogP contribution in [0, 0.1) is 6.92 Å². The van der Waals surface area contributed by atoms with Gasteiger partial charge in [-0.05, 0) is 43.9 Å². The first-order valence-electron chi connectivity index (χ1n) is 9.98. The van der Waals surface area contributed by atoms with Crippen LogP contribution in [0.2, 0.25) is 0 Å². The van der Waals surface area contributed by atoms with Crippen molar-refractivity contribution in [3.8, 4) is 0 Å². The fourth-order valence-corrected chi connectivity index (χ4v) is 6.33. The molecule has 1 aliphatic heterocycles. The Labute approximate surface area is 181 Å². The molecule has 6 nitrogen and oxygen atoms in total. The van der Waals surface area contributed by atoms with E-state index in [2.05, 4.69) is 0 Å². The SMILES string of the molecule is Cc1cccc(CC(O)/C=C/[C@H]2CCS(=O)(=O)N2CCCc2ccc(C(=O)O)s2)c1. The van der Waals surface area contributed by atoms with Gasteiger partial charge in [-0.1, -0.05) is 42.0 Å². The van der Waals surface area contributed by atoms with Gasteiger partial charge in [0.05, 0.1) is 11.9 Å². The number of carbonyl (C=O) groups is 1. The molecule has 2 aromatic rings. The molecule has 1 aromatic carbocycles. The van der Waals surface area contributed by atoms with Crippen molar-refractivity contribution < 1.29 is 23.4 Å². The molecule has 0 amide bonds. The molecule has 1 aliphatic rings. The third kappa shape index (κ3) is 6.01. The van der Waals surface area contributed by atoms with Crippen molar-refractivity contribution >= 4 is 27.3 Å². The Hall–Kier alpha value is -2.00. The zero-order chi connectivity index (χ0) is 21.7. The normalized spacial score (nSPS) is 20.0. The third-order valence-electron chi connectivity index (χ3n) is 5.16. The van der Waals surface area contributed by atoms with Crippen LogP contribution in [0.25, 0.3) is 0 Å². The molecule has 1 saturated heterocycles. The number of aliphatic hydroxyl groups is 1. The first kappa shape index (κ1) is 22.7. The van der Waals surface area contributed by atoms with Crippen LogP contribution in [0.3, 0.4) is 0 Å². The van der Waals surface area contributed by atoms with E-state index in [1.54, 1.807) is 24.3 Å². The number of carboxylic acids is 1. The molecule has 0 bridgehead atoms. The largest absolute Gasteiger partial charge is 0.477 e. The number of aromatic carboxylic acids is 1. The van der Waals surface area contributed by atoms with E-state index in [0.29, 0.717) is 37.1 Å². The molecular formula is C22H27NO5S2. The lowest BCUT2D eigenvalue weighted by Crippen LogP contribution is -2.33. The highest BCUT2D eigenvalue weighted by Crippen LogP contribution is 2.24. The fraction of sp³-hybridized carbons (Fsp3) is 0.409. The van der Waals surface area contributed by atoms with Gasteiger partial charge in [-0.2, -0.15) is 4.31 Å². The van der Waals surface area contributed by atoms with E-state index < -0.39 is 22.1 Å². The van der Waals surface area contributed by atoms with Crippen LogP contribution in [-0.2, 0) is 22.9 Å². The third-order valence-corrected chi connectivity index (χ3v) is 8.21. The van der Waals surface area contributed by atoms with Crippen LogP contribution in [0.15, 0.2) is 48.6 Å². The molecular weight excluding hydrogens is 422 g/mol. The Morgan fingerprint density at radius 3 is 2.83 bits per heavy atom. The molecule has 2 heterocycles. The van der Waals surface area contributed by atoms with Crippen LogP contribution in [0.4, 0.5) is 0 Å².